The molecule has 0 aliphatic carbocycles. The summed E-state index contributed by atoms with van der Waals surface area (Å²) in [5, 5.41) is 0. The number of pyridine rings is 1. The molecule has 0 saturated heterocycles. The second-order valence-electron chi connectivity index (χ2n) is 4.41. The topological polar surface area (TPSA) is 38.9 Å². The van der Waals surface area contributed by atoms with Gasteiger partial charge in [0.15, 0.2) is 0 Å². The summed E-state index contributed by atoms with van der Waals surface area (Å²) in [5.41, 5.74) is 6.65. The maximum absolute atomic E-state index is 12.4. The lowest BCUT2D eigenvalue weighted by Crippen LogP contribution is -2.16. The van der Waals surface area contributed by atoms with E-state index < -0.39 is 17.8 Å². The number of aromatic nitrogens is 1. The molecule has 106 valence electrons. The van der Waals surface area contributed by atoms with Gasteiger partial charge in [0.25, 0.3) is 0 Å². The highest BCUT2D eigenvalue weighted by Gasteiger charge is 2.30. The van der Waals surface area contributed by atoms with Gasteiger partial charge in [0, 0.05) is 10.7 Å². The van der Waals surface area contributed by atoms with Gasteiger partial charge in [-0.05, 0) is 36.2 Å². The zero-order chi connectivity index (χ0) is 14.8. The SMILES string of the molecule is NC(Cc1ccc(Br)cc1)c1ccc(C(F)(F)F)cn1. The Bertz CT molecular complexity index is 564. The largest absolute Gasteiger partial charge is 0.417 e. The van der Waals surface area contributed by atoms with Crippen LogP contribution in [0, 0.1) is 0 Å². The van der Waals surface area contributed by atoms with Crippen molar-refractivity contribution in [2.45, 2.75) is 18.6 Å². The Hall–Kier alpha value is -1.40. The molecular weight excluding hydrogens is 333 g/mol. The molecule has 0 fully saturated rings. The summed E-state index contributed by atoms with van der Waals surface area (Å²) in [7, 11) is 0. The van der Waals surface area contributed by atoms with Crippen molar-refractivity contribution < 1.29 is 13.2 Å². The number of benzene rings is 1. The lowest BCUT2D eigenvalue weighted by atomic mass is 10.0. The molecule has 2 rings (SSSR count). The molecule has 1 unspecified atom stereocenters. The first-order valence-electron chi connectivity index (χ1n) is 5.89. The van der Waals surface area contributed by atoms with Crippen LogP contribution in [0.2, 0.25) is 0 Å². The van der Waals surface area contributed by atoms with Crippen LogP contribution in [-0.4, -0.2) is 4.98 Å². The molecule has 1 heterocycles. The fraction of sp³-hybridized carbons (Fsp3) is 0.214. The van der Waals surface area contributed by atoms with Gasteiger partial charge in [0.1, 0.15) is 0 Å². The van der Waals surface area contributed by atoms with Crippen LogP contribution in [0.15, 0.2) is 47.1 Å². The summed E-state index contributed by atoms with van der Waals surface area (Å²) in [4.78, 5) is 3.80. The van der Waals surface area contributed by atoms with Crippen LogP contribution in [0.3, 0.4) is 0 Å². The summed E-state index contributed by atoms with van der Waals surface area (Å²) in [6.45, 7) is 0. The minimum Gasteiger partial charge on any atom is -0.322 e. The van der Waals surface area contributed by atoms with Crippen molar-refractivity contribution in [3.05, 3.63) is 63.9 Å². The molecule has 2 nitrogen and oxygen atoms in total. The Morgan fingerprint density at radius 3 is 2.25 bits per heavy atom. The number of nitrogens with two attached hydrogens (primary N) is 1. The first-order valence-corrected chi connectivity index (χ1v) is 6.69. The van der Waals surface area contributed by atoms with E-state index in [1.54, 1.807) is 0 Å². The van der Waals surface area contributed by atoms with Crippen LogP contribution in [0.25, 0.3) is 0 Å². The molecule has 1 aromatic heterocycles. The van der Waals surface area contributed by atoms with Crippen LogP contribution in [-0.2, 0) is 12.6 Å². The third-order valence-electron chi connectivity index (χ3n) is 2.86. The predicted octanol–water partition coefficient (Wildman–Crippen LogP) is 4.11. The Morgan fingerprint density at radius 2 is 1.75 bits per heavy atom. The van der Waals surface area contributed by atoms with Gasteiger partial charge in [-0.3, -0.25) is 4.98 Å². The highest BCUT2D eigenvalue weighted by molar-refractivity contribution is 9.10. The molecule has 1 atom stereocenters. The van der Waals surface area contributed by atoms with Crippen LogP contribution >= 0.6 is 15.9 Å². The zero-order valence-corrected chi connectivity index (χ0v) is 11.9. The molecule has 2 aromatic rings. The van der Waals surface area contributed by atoms with Crippen molar-refractivity contribution in [3.8, 4) is 0 Å². The van der Waals surface area contributed by atoms with Crippen molar-refractivity contribution in [2.24, 2.45) is 5.73 Å². The average Bonchev–Trinajstić information content (AvgIpc) is 2.40. The first-order chi connectivity index (χ1) is 9.36. The number of hydrogen-bond acceptors (Lipinski definition) is 2. The molecule has 0 spiro atoms. The van der Waals surface area contributed by atoms with Gasteiger partial charge in [-0.2, -0.15) is 13.2 Å². The van der Waals surface area contributed by atoms with E-state index in [9.17, 15) is 13.2 Å². The van der Waals surface area contributed by atoms with Crippen molar-refractivity contribution in [1.82, 2.24) is 4.98 Å². The Balaban J connectivity index is 2.09. The maximum atomic E-state index is 12.4. The average molecular weight is 345 g/mol. The Morgan fingerprint density at radius 1 is 1.10 bits per heavy atom. The molecule has 1 aromatic carbocycles. The normalized spacial score (nSPS) is 13.2. The van der Waals surface area contributed by atoms with Gasteiger partial charge >= 0.3 is 6.18 Å². The van der Waals surface area contributed by atoms with E-state index in [1.165, 1.54) is 6.07 Å². The van der Waals surface area contributed by atoms with Crippen molar-refractivity contribution in [2.75, 3.05) is 0 Å². The summed E-state index contributed by atoms with van der Waals surface area (Å²) < 4.78 is 38.2. The lowest BCUT2D eigenvalue weighted by molar-refractivity contribution is -0.137. The summed E-state index contributed by atoms with van der Waals surface area (Å²) in [5.74, 6) is 0. The molecule has 0 saturated carbocycles. The Kier molecular flexibility index (Phi) is 4.45. The highest BCUT2D eigenvalue weighted by atomic mass is 79.9. The molecule has 0 radical (unpaired) electrons. The number of alkyl halides is 3. The Labute approximate surface area is 123 Å². The van der Waals surface area contributed by atoms with Crippen LogP contribution in [0.1, 0.15) is 22.9 Å². The van der Waals surface area contributed by atoms with Crippen LogP contribution in [0.4, 0.5) is 13.2 Å². The summed E-state index contributed by atoms with van der Waals surface area (Å²) >= 11 is 3.33. The number of rotatable bonds is 3. The fourth-order valence-electron chi connectivity index (χ4n) is 1.77. The lowest BCUT2D eigenvalue weighted by Gasteiger charge is -2.12. The van der Waals surface area contributed by atoms with Gasteiger partial charge in [-0.25, -0.2) is 0 Å². The van der Waals surface area contributed by atoms with Gasteiger partial charge in [0.2, 0.25) is 0 Å². The maximum Gasteiger partial charge on any atom is 0.417 e. The van der Waals surface area contributed by atoms with Gasteiger partial charge < -0.3 is 5.73 Å². The van der Waals surface area contributed by atoms with Gasteiger partial charge in [-0.15, -0.1) is 0 Å². The minimum absolute atomic E-state index is 0.432. The van der Waals surface area contributed by atoms with E-state index in [1.807, 2.05) is 24.3 Å². The third-order valence-corrected chi connectivity index (χ3v) is 3.39. The molecule has 0 aliphatic heterocycles. The van der Waals surface area contributed by atoms with Crippen LogP contribution < -0.4 is 5.73 Å². The van der Waals surface area contributed by atoms with Gasteiger partial charge in [0.05, 0.1) is 17.3 Å². The predicted molar refractivity (Wildman–Crippen MR) is 74.0 cm³/mol. The molecule has 0 aliphatic rings. The molecule has 20 heavy (non-hydrogen) atoms. The van der Waals surface area contributed by atoms with E-state index in [-0.39, 0.29) is 0 Å². The second kappa shape index (κ2) is 5.93. The van der Waals surface area contributed by atoms with E-state index in [4.69, 9.17) is 5.73 Å². The summed E-state index contributed by atoms with van der Waals surface area (Å²) in [6, 6.07) is 9.50. The van der Waals surface area contributed by atoms with Crippen molar-refractivity contribution in [3.63, 3.8) is 0 Å². The van der Waals surface area contributed by atoms with Gasteiger partial charge in [-0.1, -0.05) is 28.1 Å². The van der Waals surface area contributed by atoms with Crippen molar-refractivity contribution in [1.29, 1.82) is 0 Å². The molecule has 0 amide bonds. The summed E-state index contributed by atoms with van der Waals surface area (Å²) in [6.07, 6.45) is -3.04. The minimum atomic E-state index is -4.37. The molecule has 0 bridgehead atoms. The monoisotopic (exact) mass is 344 g/mol. The third kappa shape index (κ3) is 3.80. The molecule has 6 heteroatoms. The molecule has 2 N–H and O–H groups in total. The van der Waals surface area contributed by atoms with E-state index >= 15 is 0 Å². The first kappa shape index (κ1) is 15.0. The van der Waals surface area contributed by atoms with Crippen LogP contribution in [0.5, 0.6) is 0 Å². The standard InChI is InChI=1S/C14H12BrF3N2/c15-11-4-1-9(2-5-11)7-12(19)13-6-3-10(8-20-13)14(16,17)18/h1-6,8,12H,7,19H2. The van der Waals surface area contributed by atoms with E-state index in [2.05, 4.69) is 20.9 Å². The van der Waals surface area contributed by atoms with E-state index in [0.717, 1.165) is 22.3 Å². The van der Waals surface area contributed by atoms with Crippen molar-refractivity contribution >= 4 is 15.9 Å². The quantitative estimate of drug-likeness (QED) is 0.910. The number of halogens is 4. The fourth-order valence-corrected chi connectivity index (χ4v) is 2.04. The second-order valence-corrected chi connectivity index (χ2v) is 5.32. The number of nitrogens with zero attached hydrogens (tertiary/aromatic N) is 1. The zero-order valence-electron chi connectivity index (χ0n) is 10.4. The smallest absolute Gasteiger partial charge is 0.322 e. The number of hydrogen-bond donors (Lipinski definition) is 1. The van der Waals surface area contributed by atoms with E-state index in [0.29, 0.717) is 12.1 Å². The molecular formula is C14H12BrF3N2. The highest BCUT2D eigenvalue weighted by Crippen LogP contribution is 2.29.